The average molecular weight is 274 g/mol. The maximum absolute atomic E-state index is 5.49. The summed E-state index contributed by atoms with van der Waals surface area (Å²) >= 11 is 0. The van der Waals surface area contributed by atoms with E-state index in [0.717, 1.165) is 43.4 Å². The Morgan fingerprint density at radius 1 is 1.35 bits per heavy atom. The molecule has 0 unspecified atom stereocenters. The highest BCUT2D eigenvalue weighted by Crippen LogP contribution is 2.20. The number of hydrogen-bond donors (Lipinski definition) is 2. The molecule has 0 saturated carbocycles. The summed E-state index contributed by atoms with van der Waals surface area (Å²) < 4.78 is 2.06. The van der Waals surface area contributed by atoms with Crippen molar-refractivity contribution in [3.05, 3.63) is 24.0 Å². The van der Waals surface area contributed by atoms with E-state index >= 15 is 0 Å². The number of fused-ring (bicyclic) bond motifs is 1. The minimum Gasteiger partial charge on any atom is -0.347 e. The molecule has 0 radical (unpaired) electrons. The fraction of sp³-hybridized carbons (Fsp3) is 0.500. The van der Waals surface area contributed by atoms with Gasteiger partial charge in [-0.3, -0.25) is 0 Å². The smallest absolute Gasteiger partial charge is 0.152 e. The van der Waals surface area contributed by atoms with Crippen molar-refractivity contribution in [2.24, 2.45) is 5.84 Å². The van der Waals surface area contributed by atoms with Crippen LogP contribution in [-0.4, -0.2) is 31.3 Å². The van der Waals surface area contributed by atoms with Crippen LogP contribution in [0.25, 0.3) is 0 Å². The highest BCUT2D eigenvalue weighted by molar-refractivity contribution is 5.49. The van der Waals surface area contributed by atoms with Crippen molar-refractivity contribution >= 4 is 11.6 Å². The van der Waals surface area contributed by atoms with Crippen LogP contribution in [-0.2, 0) is 19.5 Å². The fourth-order valence-corrected chi connectivity index (χ4v) is 2.32. The first kappa shape index (κ1) is 12.8. The van der Waals surface area contributed by atoms with E-state index in [1.165, 1.54) is 0 Å². The van der Waals surface area contributed by atoms with Gasteiger partial charge in [-0.15, -0.1) is 10.2 Å². The molecular formula is C12H18N8. The summed E-state index contributed by atoms with van der Waals surface area (Å²) in [5, 5.41) is 8.06. The van der Waals surface area contributed by atoms with Gasteiger partial charge in [0, 0.05) is 25.6 Å². The molecule has 0 amide bonds. The molecule has 2 aromatic rings. The van der Waals surface area contributed by atoms with Crippen LogP contribution in [0.3, 0.4) is 0 Å². The van der Waals surface area contributed by atoms with E-state index in [9.17, 15) is 0 Å². The number of nitrogens with zero attached hydrogens (tertiary/aromatic N) is 6. The second-order valence-electron chi connectivity index (χ2n) is 4.78. The number of aromatic nitrogens is 5. The van der Waals surface area contributed by atoms with Gasteiger partial charge in [-0.25, -0.2) is 15.8 Å². The van der Waals surface area contributed by atoms with Crippen molar-refractivity contribution < 1.29 is 0 Å². The number of nitrogen functional groups attached to an aromatic ring is 1. The summed E-state index contributed by atoms with van der Waals surface area (Å²) in [6, 6.07) is 1.87. The third-order valence-corrected chi connectivity index (χ3v) is 3.34. The molecule has 3 heterocycles. The monoisotopic (exact) mass is 274 g/mol. The molecule has 1 aliphatic rings. The van der Waals surface area contributed by atoms with E-state index in [1.54, 1.807) is 6.33 Å². The summed E-state index contributed by atoms with van der Waals surface area (Å²) in [4.78, 5) is 11.1. The zero-order valence-corrected chi connectivity index (χ0v) is 11.5. The third kappa shape index (κ3) is 2.42. The Kier molecular flexibility index (Phi) is 3.46. The van der Waals surface area contributed by atoms with E-state index in [2.05, 4.69) is 42.0 Å². The van der Waals surface area contributed by atoms with E-state index in [-0.39, 0.29) is 0 Å². The van der Waals surface area contributed by atoms with Crippen molar-refractivity contribution in [3.63, 3.8) is 0 Å². The van der Waals surface area contributed by atoms with E-state index in [1.807, 2.05) is 6.07 Å². The molecule has 3 rings (SSSR count). The number of rotatable bonds is 4. The molecule has 0 saturated heterocycles. The fourth-order valence-electron chi connectivity index (χ4n) is 2.32. The largest absolute Gasteiger partial charge is 0.347 e. The predicted molar refractivity (Wildman–Crippen MR) is 74.9 cm³/mol. The van der Waals surface area contributed by atoms with Gasteiger partial charge in [-0.05, 0) is 6.42 Å². The molecule has 0 bridgehead atoms. The molecule has 8 heteroatoms. The van der Waals surface area contributed by atoms with Crippen molar-refractivity contribution in [2.45, 2.75) is 32.9 Å². The number of anilines is 2. The second-order valence-corrected chi connectivity index (χ2v) is 4.78. The lowest BCUT2D eigenvalue weighted by Crippen LogP contribution is -2.34. The third-order valence-electron chi connectivity index (χ3n) is 3.34. The predicted octanol–water partition coefficient (Wildman–Crippen LogP) is 0.326. The van der Waals surface area contributed by atoms with Gasteiger partial charge in [-0.2, -0.15) is 0 Å². The molecule has 0 spiro atoms. The average Bonchev–Trinajstić information content (AvgIpc) is 2.94. The Hall–Kier alpha value is -2.22. The molecule has 8 nitrogen and oxygen atoms in total. The van der Waals surface area contributed by atoms with Gasteiger partial charge < -0.3 is 14.9 Å². The van der Waals surface area contributed by atoms with Crippen LogP contribution >= 0.6 is 0 Å². The number of hydrogen-bond acceptors (Lipinski definition) is 7. The SMILES string of the molecule is CCCc1nc(NN)cc(N2CCn3cnnc3C2)n1. The quantitative estimate of drug-likeness (QED) is 0.612. The van der Waals surface area contributed by atoms with E-state index in [0.29, 0.717) is 12.4 Å². The molecule has 0 atom stereocenters. The molecule has 1 aliphatic heterocycles. The highest BCUT2D eigenvalue weighted by Gasteiger charge is 2.19. The molecule has 3 N–H and O–H groups in total. The first-order valence-corrected chi connectivity index (χ1v) is 6.76. The number of nitrogens with two attached hydrogens (primary N) is 1. The van der Waals surface area contributed by atoms with Crippen molar-refractivity contribution in [2.75, 3.05) is 16.9 Å². The van der Waals surface area contributed by atoms with Crippen molar-refractivity contribution in [3.8, 4) is 0 Å². The Morgan fingerprint density at radius 2 is 2.25 bits per heavy atom. The van der Waals surface area contributed by atoms with E-state index < -0.39 is 0 Å². The van der Waals surface area contributed by atoms with Gasteiger partial charge in [0.05, 0.1) is 6.54 Å². The molecule has 2 aromatic heterocycles. The van der Waals surface area contributed by atoms with Crippen LogP contribution < -0.4 is 16.2 Å². The highest BCUT2D eigenvalue weighted by atomic mass is 15.3. The zero-order valence-electron chi connectivity index (χ0n) is 11.5. The van der Waals surface area contributed by atoms with Gasteiger partial charge in [0.1, 0.15) is 23.8 Å². The Balaban J connectivity index is 1.88. The van der Waals surface area contributed by atoms with Gasteiger partial charge in [0.15, 0.2) is 5.82 Å². The Bertz CT molecular complexity index is 593. The van der Waals surface area contributed by atoms with Crippen LogP contribution in [0.5, 0.6) is 0 Å². The van der Waals surface area contributed by atoms with Gasteiger partial charge >= 0.3 is 0 Å². The molecular weight excluding hydrogens is 256 g/mol. The Morgan fingerprint density at radius 3 is 3.05 bits per heavy atom. The number of nitrogens with one attached hydrogen (secondary N) is 1. The number of hydrazine groups is 1. The molecule has 0 aliphatic carbocycles. The van der Waals surface area contributed by atoms with Crippen LogP contribution in [0.1, 0.15) is 25.0 Å². The minimum absolute atomic E-state index is 0.644. The first-order chi connectivity index (χ1) is 9.80. The maximum Gasteiger partial charge on any atom is 0.152 e. The normalized spacial score (nSPS) is 14.2. The maximum atomic E-state index is 5.49. The molecule has 0 fully saturated rings. The summed E-state index contributed by atoms with van der Waals surface area (Å²) in [7, 11) is 0. The van der Waals surface area contributed by atoms with Gasteiger partial charge in [-0.1, -0.05) is 6.92 Å². The van der Waals surface area contributed by atoms with Crippen LogP contribution in [0.2, 0.25) is 0 Å². The van der Waals surface area contributed by atoms with Crippen molar-refractivity contribution in [1.29, 1.82) is 0 Å². The lowest BCUT2D eigenvalue weighted by atomic mass is 10.3. The van der Waals surface area contributed by atoms with Crippen LogP contribution in [0.15, 0.2) is 12.4 Å². The van der Waals surface area contributed by atoms with Crippen LogP contribution in [0, 0.1) is 0 Å². The van der Waals surface area contributed by atoms with Gasteiger partial charge in [0.2, 0.25) is 0 Å². The molecule has 106 valence electrons. The minimum atomic E-state index is 0.644. The van der Waals surface area contributed by atoms with Crippen LogP contribution in [0.4, 0.5) is 11.6 Å². The van der Waals surface area contributed by atoms with E-state index in [4.69, 9.17) is 5.84 Å². The summed E-state index contributed by atoms with van der Waals surface area (Å²) in [6.45, 7) is 4.54. The second kappa shape index (κ2) is 5.41. The standard InChI is InChI=1S/C12H18N8/c1-2-3-9-15-10(17-13)6-11(16-9)19-4-5-20-8-14-18-12(20)7-19/h6,8H,2-5,7,13H2,1H3,(H,15,16,17). The lowest BCUT2D eigenvalue weighted by Gasteiger charge is -2.28. The summed E-state index contributed by atoms with van der Waals surface area (Å²) in [5.41, 5.74) is 2.61. The molecule has 20 heavy (non-hydrogen) atoms. The zero-order chi connectivity index (χ0) is 13.9. The summed E-state index contributed by atoms with van der Waals surface area (Å²) in [5.74, 6) is 8.78. The summed E-state index contributed by atoms with van der Waals surface area (Å²) in [6.07, 6.45) is 3.61. The van der Waals surface area contributed by atoms with Gasteiger partial charge in [0.25, 0.3) is 0 Å². The first-order valence-electron chi connectivity index (χ1n) is 6.76. The Labute approximate surface area is 117 Å². The lowest BCUT2D eigenvalue weighted by molar-refractivity contribution is 0.555. The topological polar surface area (TPSA) is 97.8 Å². The number of aryl methyl sites for hydroxylation is 1. The van der Waals surface area contributed by atoms with Crippen molar-refractivity contribution in [1.82, 2.24) is 24.7 Å². The molecule has 0 aromatic carbocycles.